The van der Waals surface area contributed by atoms with E-state index in [2.05, 4.69) is 21.1 Å². The van der Waals surface area contributed by atoms with Gasteiger partial charge in [0.05, 0.1) is 11.6 Å². The van der Waals surface area contributed by atoms with Crippen molar-refractivity contribution < 1.29 is 12.8 Å². The van der Waals surface area contributed by atoms with Gasteiger partial charge in [-0.15, -0.1) is 0 Å². The van der Waals surface area contributed by atoms with Crippen molar-refractivity contribution in [2.45, 2.75) is 24.4 Å². The quantitative estimate of drug-likeness (QED) is 0.723. The molecule has 3 aromatic rings. The zero-order valence-corrected chi connectivity index (χ0v) is 16.0. The van der Waals surface area contributed by atoms with E-state index in [1.54, 1.807) is 14.0 Å². The number of piperidine rings is 1. The van der Waals surface area contributed by atoms with Crippen LogP contribution in [0.15, 0.2) is 23.5 Å². The van der Waals surface area contributed by atoms with E-state index in [1.165, 1.54) is 27.4 Å². The molecule has 1 N–H and O–H groups in total. The number of hydrogen-bond acceptors (Lipinski definition) is 5. The summed E-state index contributed by atoms with van der Waals surface area (Å²) in [5, 5.41) is 14.0. The Balaban J connectivity index is 1.68. The molecule has 3 heterocycles. The maximum Gasteiger partial charge on any atom is 0.259 e. The fourth-order valence-corrected chi connectivity index (χ4v) is 5.85. The minimum atomic E-state index is -3.95. The number of nitrogens with zero attached hydrogens (tertiary/aromatic N) is 5. The lowest BCUT2D eigenvalue weighted by atomic mass is 10.0. The van der Waals surface area contributed by atoms with Crippen molar-refractivity contribution in [3.8, 4) is 17.5 Å². The van der Waals surface area contributed by atoms with Crippen LogP contribution in [0.25, 0.3) is 22.3 Å². The van der Waals surface area contributed by atoms with E-state index in [1.807, 2.05) is 0 Å². The van der Waals surface area contributed by atoms with Crippen LogP contribution in [-0.4, -0.2) is 45.1 Å². The van der Waals surface area contributed by atoms with Crippen LogP contribution in [0.1, 0.15) is 12.0 Å². The summed E-state index contributed by atoms with van der Waals surface area (Å²) < 4.78 is 43.7. The van der Waals surface area contributed by atoms with Gasteiger partial charge in [-0.2, -0.15) is 14.7 Å². The Morgan fingerprint density at radius 2 is 2.18 bits per heavy atom. The monoisotopic (exact) mass is 400 g/mol. The Morgan fingerprint density at radius 3 is 2.86 bits per heavy atom. The molecule has 0 spiro atoms. The van der Waals surface area contributed by atoms with Crippen molar-refractivity contribution in [3.63, 3.8) is 0 Å². The van der Waals surface area contributed by atoms with Crippen molar-refractivity contribution in [2.75, 3.05) is 6.54 Å². The van der Waals surface area contributed by atoms with Crippen LogP contribution < -0.4 is 0 Å². The van der Waals surface area contributed by atoms with Crippen LogP contribution in [0, 0.1) is 35.9 Å². The van der Waals surface area contributed by atoms with Crippen molar-refractivity contribution in [2.24, 2.45) is 18.9 Å². The van der Waals surface area contributed by atoms with Crippen LogP contribution in [0.3, 0.4) is 0 Å². The molecule has 2 aromatic heterocycles. The van der Waals surface area contributed by atoms with E-state index in [0.29, 0.717) is 28.9 Å². The molecule has 1 unspecified atom stereocenters. The second-order valence-electron chi connectivity index (χ2n) is 7.52. The van der Waals surface area contributed by atoms with Crippen LogP contribution in [0.2, 0.25) is 0 Å². The summed E-state index contributed by atoms with van der Waals surface area (Å²) >= 11 is 0. The first-order valence-electron chi connectivity index (χ1n) is 8.90. The minimum Gasteiger partial charge on any atom is -0.342 e. The molecule has 144 valence electrons. The van der Waals surface area contributed by atoms with Gasteiger partial charge in [0.2, 0.25) is 0 Å². The highest BCUT2D eigenvalue weighted by atomic mass is 32.2. The molecule has 10 heteroatoms. The number of sulfonamides is 1. The average molecular weight is 400 g/mol. The van der Waals surface area contributed by atoms with Gasteiger partial charge < -0.3 is 4.98 Å². The van der Waals surface area contributed by atoms with E-state index >= 15 is 0 Å². The van der Waals surface area contributed by atoms with Gasteiger partial charge in [-0.1, -0.05) is 0 Å². The predicted molar refractivity (Wildman–Crippen MR) is 97.9 cm³/mol. The van der Waals surface area contributed by atoms with Gasteiger partial charge in [0, 0.05) is 24.5 Å². The van der Waals surface area contributed by atoms with Gasteiger partial charge in [0.1, 0.15) is 23.2 Å². The average Bonchev–Trinajstić information content (AvgIpc) is 3.01. The Kier molecular flexibility index (Phi) is 3.48. The summed E-state index contributed by atoms with van der Waals surface area (Å²) in [4.78, 5) is 6.95. The van der Waals surface area contributed by atoms with E-state index in [4.69, 9.17) is 0 Å². The number of nitriles is 1. The molecule has 5 rings (SSSR count). The molecule has 1 saturated carbocycles. The maximum absolute atomic E-state index is 14.6. The highest BCUT2D eigenvalue weighted by Gasteiger charge is 2.56. The molecule has 1 aliphatic carbocycles. The largest absolute Gasteiger partial charge is 0.342 e. The number of rotatable bonds is 3. The van der Waals surface area contributed by atoms with Gasteiger partial charge in [-0.05, 0) is 42.9 Å². The first kappa shape index (κ1) is 17.3. The van der Waals surface area contributed by atoms with Crippen molar-refractivity contribution in [3.05, 3.63) is 29.8 Å². The topological polar surface area (TPSA) is 108 Å². The SMILES string of the molecule is Cc1cc(F)c2[nH]c(S(=O)(=O)N3C[C@@H]4CC4[C@H]3C#N)cc2c1-c1ncn(C)n1. The number of benzene rings is 1. The van der Waals surface area contributed by atoms with E-state index < -0.39 is 21.9 Å². The molecule has 1 saturated heterocycles. The Morgan fingerprint density at radius 1 is 1.39 bits per heavy atom. The third-order valence-corrected chi connectivity index (χ3v) is 7.46. The predicted octanol–water partition coefficient (Wildman–Crippen LogP) is 1.94. The second kappa shape index (κ2) is 5.62. The Hall–Kier alpha value is -2.77. The summed E-state index contributed by atoms with van der Waals surface area (Å²) in [5.41, 5.74) is 1.27. The normalized spacial score (nSPS) is 24.4. The number of halogens is 1. The molecule has 0 radical (unpaired) electrons. The molecule has 0 bridgehead atoms. The molecule has 3 atom stereocenters. The number of H-pyrrole nitrogens is 1. The number of aromatic amines is 1. The first-order chi connectivity index (χ1) is 13.3. The Labute approximate surface area is 160 Å². The van der Waals surface area contributed by atoms with Gasteiger partial charge in [0.15, 0.2) is 5.82 Å². The standard InChI is InChI=1S/C18H17FN6O2S/c1-9-3-13(19)17-12(16(9)18-21-8-24(2)23-18)5-15(22-17)28(26,27)25-7-10-4-11(10)14(25)6-20/h3,5,8,10-11,14,22H,4,7H2,1-2H3/t10-,11?,14+/m0/s1. The van der Waals surface area contributed by atoms with Gasteiger partial charge in [-0.25, -0.2) is 17.8 Å². The van der Waals surface area contributed by atoms with E-state index in [-0.39, 0.29) is 22.4 Å². The van der Waals surface area contributed by atoms with Crippen LogP contribution >= 0.6 is 0 Å². The zero-order chi connectivity index (χ0) is 19.8. The summed E-state index contributed by atoms with van der Waals surface area (Å²) in [6.07, 6.45) is 2.42. The second-order valence-corrected chi connectivity index (χ2v) is 9.38. The van der Waals surface area contributed by atoms with Gasteiger partial charge >= 0.3 is 0 Å². The van der Waals surface area contributed by atoms with Crippen LogP contribution in [0.4, 0.5) is 4.39 Å². The maximum atomic E-state index is 14.6. The highest BCUT2D eigenvalue weighted by molar-refractivity contribution is 7.89. The van der Waals surface area contributed by atoms with Gasteiger partial charge in [-0.3, -0.25) is 4.68 Å². The first-order valence-corrected chi connectivity index (χ1v) is 10.3. The molecule has 8 nitrogen and oxygen atoms in total. The number of aryl methyl sites for hydroxylation is 2. The lowest BCUT2D eigenvalue weighted by Gasteiger charge is -2.20. The number of fused-ring (bicyclic) bond motifs is 2. The number of hydrogen-bond donors (Lipinski definition) is 1. The third kappa shape index (κ3) is 2.33. The molecule has 28 heavy (non-hydrogen) atoms. The summed E-state index contributed by atoms with van der Waals surface area (Å²) in [6, 6.07) is 4.21. The molecule has 1 aromatic carbocycles. The zero-order valence-electron chi connectivity index (χ0n) is 15.2. The summed E-state index contributed by atoms with van der Waals surface area (Å²) in [7, 11) is -2.22. The van der Waals surface area contributed by atoms with Crippen molar-refractivity contribution >= 4 is 20.9 Å². The smallest absolute Gasteiger partial charge is 0.259 e. The van der Waals surface area contributed by atoms with Crippen molar-refractivity contribution in [1.29, 1.82) is 5.26 Å². The Bertz CT molecular complexity index is 1270. The van der Waals surface area contributed by atoms with E-state index in [0.717, 1.165) is 6.42 Å². The minimum absolute atomic E-state index is 0.0875. The molecule has 0 amide bonds. The molecule has 2 fully saturated rings. The van der Waals surface area contributed by atoms with E-state index in [9.17, 15) is 18.1 Å². The lowest BCUT2D eigenvalue weighted by molar-refractivity contribution is 0.394. The van der Waals surface area contributed by atoms with Crippen LogP contribution in [0.5, 0.6) is 0 Å². The highest BCUT2D eigenvalue weighted by Crippen LogP contribution is 2.51. The van der Waals surface area contributed by atoms with Crippen molar-refractivity contribution in [1.82, 2.24) is 24.1 Å². The molecule has 2 aliphatic rings. The van der Waals surface area contributed by atoms with Crippen LogP contribution in [-0.2, 0) is 17.1 Å². The number of aromatic nitrogens is 4. The lowest BCUT2D eigenvalue weighted by Crippen LogP contribution is -2.37. The number of nitrogens with one attached hydrogen (secondary N) is 1. The summed E-state index contributed by atoms with van der Waals surface area (Å²) in [5.74, 6) is 0.201. The molecule has 1 aliphatic heterocycles. The third-order valence-electron chi connectivity index (χ3n) is 5.69. The summed E-state index contributed by atoms with van der Waals surface area (Å²) in [6.45, 7) is 2.06. The molecular weight excluding hydrogens is 383 g/mol. The fraction of sp³-hybridized carbons (Fsp3) is 0.389. The molecular formula is C18H17FN6O2S. The van der Waals surface area contributed by atoms with Gasteiger partial charge in [0.25, 0.3) is 10.0 Å². The fourth-order valence-electron chi connectivity index (χ4n) is 4.21.